The fourth-order valence-electron chi connectivity index (χ4n) is 1.41. The molecule has 0 unspecified atom stereocenters. The molecule has 0 bridgehead atoms. The minimum absolute atomic E-state index is 0.594. The molecule has 0 aliphatic carbocycles. The lowest BCUT2D eigenvalue weighted by Gasteiger charge is -2.06. The second kappa shape index (κ2) is 5.08. The summed E-state index contributed by atoms with van der Waals surface area (Å²) in [6.07, 6.45) is 4.13. The maximum atomic E-state index is 5.86. The fraction of sp³-hybridized carbons (Fsp3) is 0.333. The molecular formula is C12H15Cl. The zero-order chi connectivity index (χ0) is 9.68. The zero-order valence-corrected chi connectivity index (χ0v) is 8.77. The van der Waals surface area contributed by atoms with Crippen molar-refractivity contribution in [3.8, 4) is 0 Å². The van der Waals surface area contributed by atoms with Crippen LogP contribution in [0.2, 0.25) is 0 Å². The third-order valence-electron chi connectivity index (χ3n) is 2.13. The SMILES string of the molecule is C=Cc1ccc(CCC)c(CCl)c1. The summed E-state index contributed by atoms with van der Waals surface area (Å²) in [5, 5.41) is 0. The van der Waals surface area contributed by atoms with E-state index in [4.69, 9.17) is 11.6 Å². The first kappa shape index (κ1) is 10.3. The smallest absolute Gasteiger partial charge is 0.0477 e. The number of halogens is 1. The van der Waals surface area contributed by atoms with Crippen molar-refractivity contribution in [1.82, 2.24) is 0 Å². The summed E-state index contributed by atoms with van der Waals surface area (Å²) < 4.78 is 0. The molecule has 0 aliphatic rings. The van der Waals surface area contributed by atoms with Gasteiger partial charge in [0.15, 0.2) is 0 Å². The molecule has 0 amide bonds. The van der Waals surface area contributed by atoms with Gasteiger partial charge in [0.25, 0.3) is 0 Å². The summed E-state index contributed by atoms with van der Waals surface area (Å²) in [6, 6.07) is 6.36. The van der Waals surface area contributed by atoms with Crippen LogP contribution in [0.15, 0.2) is 24.8 Å². The Bertz CT molecular complexity index is 289. The molecule has 0 aliphatic heterocycles. The van der Waals surface area contributed by atoms with Gasteiger partial charge in [-0.15, -0.1) is 11.6 Å². The van der Waals surface area contributed by atoms with Gasteiger partial charge in [-0.25, -0.2) is 0 Å². The summed E-state index contributed by atoms with van der Waals surface area (Å²) in [7, 11) is 0. The summed E-state index contributed by atoms with van der Waals surface area (Å²) in [4.78, 5) is 0. The Hall–Kier alpha value is -0.750. The van der Waals surface area contributed by atoms with Crippen LogP contribution in [0.4, 0.5) is 0 Å². The number of hydrogen-bond donors (Lipinski definition) is 0. The molecule has 0 saturated heterocycles. The fourth-order valence-corrected chi connectivity index (χ4v) is 1.66. The molecule has 0 radical (unpaired) electrons. The van der Waals surface area contributed by atoms with Crippen molar-refractivity contribution in [2.75, 3.05) is 0 Å². The highest BCUT2D eigenvalue weighted by atomic mass is 35.5. The molecule has 0 atom stereocenters. The molecule has 0 fully saturated rings. The summed E-state index contributed by atoms with van der Waals surface area (Å²) in [6.45, 7) is 5.92. The van der Waals surface area contributed by atoms with Crippen molar-refractivity contribution in [2.45, 2.75) is 25.6 Å². The predicted octanol–water partition coefficient (Wildman–Crippen LogP) is 4.02. The molecule has 0 saturated carbocycles. The van der Waals surface area contributed by atoms with E-state index in [1.807, 2.05) is 6.08 Å². The Kier molecular flexibility index (Phi) is 4.04. The van der Waals surface area contributed by atoms with Crippen LogP contribution in [0.3, 0.4) is 0 Å². The van der Waals surface area contributed by atoms with Crippen molar-refractivity contribution in [3.05, 3.63) is 41.5 Å². The van der Waals surface area contributed by atoms with Crippen LogP contribution in [0.25, 0.3) is 6.08 Å². The third kappa shape index (κ3) is 2.60. The van der Waals surface area contributed by atoms with Gasteiger partial charge in [-0.3, -0.25) is 0 Å². The molecular weight excluding hydrogens is 180 g/mol. The van der Waals surface area contributed by atoms with Gasteiger partial charge in [0, 0.05) is 5.88 Å². The van der Waals surface area contributed by atoms with E-state index in [0.717, 1.165) is 18.4 Å². The van der Waals surface area contributed by atoms with E-state index < -0.39 is 0 Å². The van der Waals surface area contributed by atoms with Crippen LogP contribution in [0.1, 0.15) is 30.0 Å². The Morgan fingerprint density at radius 3 is 2.69 bits per heavy atom. The quantitative estimate of drug-likeness (QED) is 0.636. The molecule has 0 N–H and O–H groups in total. The minimum atomic E-state index is 0.594. The topological polar surface area (TPSA) is 0 Å². The van der Waals surface area contributed by atoms with E-state index in [2.05, 4.69) is 31.7 Å². The average molecular weight is 195 g/mol. The van der Waals surface area contributed by atoms with E-state index in [1.54, 1.807) is 0 Å². The third-order valence-corrected chi connectivity index (χ3v) is 2.42. The van der Waals surface area contributed by atoms with Crippen LogP contribution in [-0.2, 0) is 12.3 Å². The Morgan fingerprint density at radius 2 is 2.15 bits per heavy atom. The lowest BCUT2D eigenvalue weighted by atomic mass is 10.0. The van der Waals surface area contributed by atoms with E-state index >= 15 is 0 Å². The maximum Gasteiger partial charge on any atom is 0.0477 e. The van der Waals surface area contributed by atoms with Crippen molar-refractivity contribution >= 4 is 17.7 Å². The van der Waals surface area contributed by atoms with Gasteiger partial charge in [0.1, 0.15) is 0 Å². The summed E-state index contributed by atoms with van der Waals surface area (Å²) in [5.41, 5.74) is 3.75. The lowest BCUT2D eigenvalue weighted by molar-refractivity contribution is 0.910. The Labute approximate surface area is 85.2 Å². The van der Waals surface area contributed by atoms with Gasteiger partial charge < -0.3 is 0 Å². The van der Waals surface area contributed by atoms with E-state index in [9.17, 15) is 0 Å². The molecule has 0 spiro atoms. The molecule has 0 nitrogen and oxygen atoms in total. The van der Waals surface area contributed by atoms with Crippen LogP contribution >= 0.6 is 11.6 Å². The first-order valence-corrected chi connectivity index (χ1v) is 5.15. The average Bonchev–Trinajstić information content (AvgIpc) is 2.19. The molecule has 70 valence electrons. The molecule has 1 heteroatoms. The number of rotatable bonds is 4. The van der Waals surface area contributed by atoms with Crippen molar-refractivity contribution in [1.29, 1.82) is 0 Å². The van der Waals surface area contributed by atoms with Crippen molar-refractivity contribution in [3.63, 3.8) is 0 Å². The van der Waals surface area contributed by atoms with Crippen LogP contribution in [0, 0.1) is 0 Å². The van der Waals surface area contributed by atoms with Gasteiger partial charge in [-0.2, -0.15) is 0 Å². The lowest BCUT2D eigenvalue weighted by Crippen LogP contribution is -1.91. The van der Waals surface area contributed by atoms with Gasteiger partial charge in [0.2, 0.25) is 0 Å². The molecule has 1 aromatic carbocycles. The second-order valence-electron chi connectivity index (χ2n) is 3.12. The van der Waals surface area contributed by atoms with Gasteiger partial charge >= 0.3 is 0 Å². The van der Waals surface area contributed by atoms with Gasteiger partial charge in [0.05, 0.1) is 0 Å². The monoisotopic (exact) mass is 194 g/mol. The molecule has 1 rings (SSSR count). The van der Waals surface area contributed by atoms with Crippen LogP contribution < -0.4 is 0 Å². The van der Waals surface area contributed by atoms with Gasteiger partial charge in [-0.1, -0.05) is 44.2 Å². The minimum Gasteiger partial charge on any atom is -0.122 e. The first-order chi connectivity index (χ1) is 6.31. The molecule has 13 heavy (non-hydrogen) atoms. The number of benzene rings is 1. The van der Waals surface area contributed by atoms with Crippen LogP contribution in [0.5, 0.6) is 0 Å². The van der Waals surface area contributed by atoms with Crippen molar-refractivity contribution in [2.24, 2.45) is 0 Å². The Morgan fingerprint density at radius 1 is 1.38 bits per heavy atom. The summed E-state index contributed by atoms with van der Waals surface area (Å²) in [5.74, 6) is 0.594. The van der Waals surface area contributed by atoms with E-state index in [1.165, 1.54) is 11.1 Å². The second-order valence-corrected chi connectivity index (χ2v) is 3.38. The molecule has 0 aromatic heterocycles. The van der Waals surface area contributed by atoms with Crippen LogP contribution in [-0.4, -0.2) is 0 Å². The van der Waals surface area contributed by atoms with E-state index in [0.29, 0.717) is 5.88 Å². The number of hydrogen-bond acceptors (Lipinski definition) is 0. The predicted molar refractivity (Wildman–Crippen MR) is 60.1 cm³/mol. The highest BCUT2D eigenvalue weighted by Crippen LogP contribution is 2.16. The number of aryl methyl sites for hydroxylation is 1. The normalized spacial score (nSPS) is 10.0. The van der Waals surface area contributed by atoms with E-state index in [-0.39, 0.29) is 0 Å². The Balaban J connectivity index is 3.00. The molecule has 0 heterocycles. The standard InChI is InChI=1S/C12H15Cl/c1-3-5-11-7-6-10(4-2)8-12(11)9-13/h4,6-8H,2-3,5,9H2,1H3. The maximum absolute atomic E-state index is 5.86. The highest BCUT2D eigenvalue weighted by molar-refractivity contribution is 6.17. The largest absolute Gasteiger partial charge is 0.122 e. The molecule has 1 aromatic rings. The van der Waals surface area contributed by atoms with Crippen molar-refractivity contribution < 1.29 is 0 Å². The highest BCUT2D eigenvalue weighted by Gasteiger charge is 2.00. The summed E-state index contributed by atoms with van der Waals surface area (Å²) >= 11 is 5.86. The van der Waals surface area contributed by atoms with Gasteiger partial charge in [-0.05, 0) is 23.1 Å². The number of alkyl halides is 1. The zero-order valence-electron chi connectivity index (χ0n) is 8.02. The first-order valence-electron chi connectivity index (χ1n) is 4.62.